The lowest BCUT2D eigenvalue weighted by Crippen LogP contribution is -2.50. The second-order valence-electron chi connectivity index (χ2n) is 4.47. The second kappa shape index (κ2) is 7.91. The Labute approximate surface area is 160 Å². The molecule has 0 heterocycles. The third kappa shape index (κ3) is 4.54. The van der Waals surface area contributed by atoms with Gasteiger partial charge in [0.2, 0.25) is 0 Å². The van der Waals surface area contributed by atoms with E-state index in [1.54, 1.807) is 22.6 Å². The number of nitrogens with zero attached hydrogens (tertiary/aromatic N) is 1. The summed E-state index contributed by atoms with van der Waals surface area (Å²) in [5.74, 6) is 0. The molecule has 1 aromatic carbocycles. The molecule has 2 nitrogen and oxygen atoms in total. The molecule has 0 saturated heterocycles. The number of benzene rings is 1. The van der Waals surface area contributed by atoms with Gasteiger partial charge in [-0.1, -0.05) is 11.6 Å². The van der Waals surface area contributed by atoms with Crippen molar-refractivity contribution in [3.63, 3.8) is 0 Å². The third-order valence-electron chi connectivity index (χ3n) is 2.90. The number of aliphatic imine (C=N–C) groups is 1. The normalized spacial score (nSPS) is 14.4. The molecule has 0 spiro atoms. The summed E-state index contributed by atoms with van der Waals surface area (Å²) < 4.78 is 91.7. The number of alkyl halides is 7. The van der Waals surface area contributed by atoms with E-state index in [1.807, 2.05) is 0 Å². The van der Waals surface area contributed by atoms with Crippen LogP contribution in [0.2, 0.25) is 5.02 Å². The SMILES string of the molecule is CSc1cc(C(F)(C(F)(F)F)C(F)(F)F)cc(Cl)c1N=CC(I)=CN. The smallest absolute Gasteiger partial charge is 0.404 e. The van der Waals surface area contributed by atoms with Crippen LogP contribution in [0.3, 0.4) is 0 Å². The number of allylic oxidation sites excluding steroid dienone is 1. The molecule has 0 atom stereocenters. The number of hydrogen-bond acceptors (Lipinski definition) is 3. The maximum absolute atomic E-state index is 14.2. The fourth-order valence-corrected chi connectivity index (χ4v) is 2.78. The van der Waals surface area contributed by atoms with Crippen LogP contribution in [0.5, 0.6) is 0 Å². The van der Waals surface area contributed by atoms with Crippen LogP contribution in [0.1, 0.15) is 5.56 Å². The molecule has 0 aliphatic rings. The van der Waals surface area contributed by atoms with Crippen molar-refractivity contribution in [3.05, 3.63) is 32.5 Å². The van der Waals surface area contributed by atoms with E-state index in [-0.39, 0.29) is 16.6 Å². The number of thioether (sulfide) groups is 1. The van der Waals surface area contributed by atoms with Gasteiger partial charge in [-0.2, -0.15) is 26.3 Å². The number of rotatable bonds is 4. The molecule has 0 aromatic heterocycles. The molecule has 1 aromatic rings. The van der Waals surface area contributed by atoms with Crippen LogP contribution < -0.4 is 5.73 Å². The van der Waals surface area contributed by atoms with Gasteiger partial charge in [0.05, 0.1) is 10.7 Å². The van der Waals surface area contributed by atoms with Crippen molar-refractivity contribution in [1.29, 1.82) is 0 Å². The molecule has 12 heteroatoms. The van der Waals surface area contributed by atoms with Gasteiger partial charge in [0.25, 0.3) is 0 Å². The van der Waals surface area contributed by atoms with Gasteiger partial charge in [-0.3, -0.25) is 4.99 Å². The summed E-state index contributed by atoms with van der Waals surface area (Å²) in [6.45, 7) is 0. The van der Waals surface area contributed by atoms with Gasteiger partial charge in [-0.05, 0) is 41.0 Å². The molecule has 0 fully saturated rings. The largest absolute Gasteiger partial charge is 0.435 e. The van der Waals surface area contributed by atoms with Crippen LogP contribution >= 0.6 is 46.0 Å². The molecular formula is C13H9ClF7IN2S. The summed E-state index contributed by atoms with van der Waals surface area (Å²) in [4.78, 5) is 3.72. The summed E-state index contributed by atoms with van der Waals surface area (Å²) in [7, 11) is 0. The van der Waals surface area contributed by atoms with Gasteiger partial charge in [0.1, 0.15) is 0 Å². The van der Waals surface area contributed by atoms with E-state index < -0.39 is 28.6 Å². The molecule has 0 aliphatic heterocycles. The van der Waals surface area contributed by atoms with E-state index in [0.29, 0.717) is 9.65 Å². The lowest BCUT2D eigenvalue weighted by atomic mass is 9.94. The van der Waals surface area contributed by atoms with Crippen molar-refractivity contribution >= 4 is 57.9 Å². The summed E-state index contributed by atoms with van der Waals surface area (Å²) >= 11 is 8.32. The quantitative estimate of drug-likeness (QED) is 0.219. The first kappa shape index (κ1) is 22.4. The zero-order chi connectivity index (χ0) is 19.6. The maximum atomic E-state index is 14.2. The summed E-state index contributed by atoms with van der Waals surface area (Å²) in [6.07, 6.45) is -8.68. The summed E-state index contributed by atoms with van der Waals surface area (Å²) in [5, 5.41) is -0.560. The van der Waals surface area contributed by atoms with E-state index in [9.17, 15) is 30.7 Å². The van der Waals surface area contributed by atoms with Crippen LogP contribution in [0.15, 0.2) is 31.8 Å². The highest BCUT2D eigenvalue weighted by Crippen LogP contribution is 2.54. The molecule has 2 N–H and O–H groups in total. The topological polar surface area (TPSA) is 38.4 Å². The van der Waals surface area contributed by atoms with Crippen LogP contribution in [0, 0.1) is 0 Å². The highest BCUT2D eigenvalue weighted by Gasteiger charge is 2.73. The lowest BCUT2D eigenvalue weighted by Gasteiger charge is -2.30. The average Bonchev–Trinajstić information content (AvgIpc) is 2.49. The molecule has 140 valence electrons. The van der Waals surface area contributed by atoms with E-state index in [0.717, 1.165) is 11.8 Å². The Bertz CT molecular complexity index is 687. The fourth-order valence-electron chi connectivity index (χ4n) is 1.71. The molecule has 0 aliphatic carbocycles. The molecule has 0 unspecified atom stereocenters. The van der Waals surface area contributed by atoms with Crippen molar-refractivity contribution in [3.8, 4) is 0 Å². The minimum Gasteiger partial charge on any atom is -0.404 e. The van der Waals surface area contributed by atoms with Crippen molar-refractivity contribution in [1.82, 2.24) is 0 Å². The molecule has 0 amide bonds. The standard InChI is InChI=1S/C13H9ClF7IN2S/c1-25-9-3-6(11(15,12(16,17)18)13(19,20)21)2-8(14)10(9)24-5-7(22)4-23/h2-5H,23H2,1H3. The Kier molecular flexibility index (Phi) is 7.07. The Morgan fingerprint density at radius 2 is 1.68 bits per heavy atom. The van der Waals surface area contributed by atoms with Gasteiger partial charge < -0.3 is 5.73 Å². The summed E-state index contributed by atoms with van der Waals surface area (Å²) in [5.41, 5.74) is -2.09. The Morgan fingerprint density at radius 3 is 2.08 bits per heavy atom. The Balaban J connectivity index is 3.65. The van der Waals surface area contributed by atoms with Crippen LogP contribution in [0.25, 0.3) is 0 Å². The molecular weight excluding hydrogens is 512 g/mol. The van der Waals surface area contributed by atoms with Gasteiger partial charge in [0, 0.05) is 26.5 Å². The third-order valence-corrected chi connectivity index (χ3v) is 4.58. The van der Waals surface area contributed by atoms with E-state index in [2.05, 4.69) is 4.99 Å². The van der Waals surface area contributed by atoms with Gasteiger partial charge in [0.15, 0.2) is 0 Å². The molecule has 1 rings (SSSR count). The van der Waals surface area contributed by atoms with Crippen LogP contribution in [-0.4, -0.2) is 24.8 Å². The minimum absolute atomic E-state index is 0.0966. The fraction of sp³-hybridized carbons (Fsp3) is 0.308. The Morgan fingerprint density at radius 1 is 1.16 bits per heavy atom. The average molecular weight is 521 g/mol. The van der Waals surface area contributed by atoms with Crippen molar-refractivity contribution in [2.24, 2.45) is 10.7 Å². The van der Waals surface area contributed by atoms with Crippen LogP contribution in [0.4, 0.5) is 36.4 Å². The molecule has 0 bridgehead atoms. The lowest BCUT2D eigenvalue weighted by molar-refractivity contribution is -0.348. The van der Waals surface area contributed by atoms with E-state index >= 15 is 0 Å². The highest BCUT2D eigenvalue weighted by atomic mass is 127. The van der Waals surface area contributed by atoms with Gasteiger partial charge in [-0.15, -0.1) is 11.8 Å². The van der Waals surface area contributed by atoms with E-state index in [1.165, 1.54) is 18.7 Å². The van der Waals surface area contributed by atoms with Crippen LogP contribution in [-0.2, 0) is 5.67 Å². The van der Waals surface area contributed by atoms with E-state index in [4.69, 9.17) is 17.3 Å². The zero-order valence-electron chi connectivity index (χ0n) is 12.1. The number of nitrogens with two attached hydrogens (primary N) is 1. The molecule has 25 heavy (non-hydrogen) atoms. The van der Waals surface area contributed by atoms with Crippen molar-refractivity contribution in [2.45, 2.75) is 22.9 Å². The van der Waals surface area contributed by atoms with Gasteiger partial charge >= 0.3 is 18.0 Å². The Hall–Kier alpha value is -0.690. The highest BCUT2D eigenvalue weighted by molar-refractivity contribution is 14.1. The zero-order valence-corrected chi connectivity index (χ0v) is 15.9. The van der Waals surface area contributed by atoms with Crippen molar-refractivity contribution < 1.29 is 30.7 Å². The monoisotopic (exact) mass is 520 g/mol. The molecule has 0 radical (unpaired) electrons. The number of hydrogen-bond donors (Lipinski definition) is 1. The number of halogens is 9. The first-order valence-electron chi connectivity index (χ1n) is 6.11. The summed E-state index contributed by atoms with van der Waals surface area (Å²) in [6, 6.07) is 0.706. The first-order chi connectivity index (χ1) is 11.3. The predicted octanol–water partition coefficient (Wildman–Crippen LogP) is 6.29. The predicted molar refractivity (Wildman–Crippen MR) is 92.6 cm³/mol. The van der Waals surface area contributed by atoms with Gasteiger partial charge in [-0.25, -0.2) is 4.39 Å². The minimum atomic E-state index is -6.22. The second-order valence-corrected chi connectivity index (χ2v) is 6.97. The first-order valence-corrected chi connectivity index (χ1v) is 8.79. The maximum Gasteiger partial charge on any atom is 0.435 e. The molecule has 0 saturated carbocycles. The van der Waals surface area contributed by atoms with Crippen molar-refractivity contribution in [2.75, 3.05) is 6.26 Å².